The fraction of sp³-hybridized carbons (Fsp3) is 0.214. The van der Waals surface area contributed by atoms with Gasteiger partial charge in [-0.2, -0.15) is 15.1 Å². The molecular formula is C14H14ClN5O. The van der Waals surface area contributed by atoms with Crippen LogP contribution in [0.1, 0.15) is 5.56 Å². The second-order valence-corrected chi connectivity index (χ2v) is 4.84. The van der Waals surface area contributed by atoms with E-state index >= 15 is 0 Å². The van der Waals surface area contributed by atoms with Crippen molar-refractivity contribution in [2.24, 2.45) is 0 Å². The van der Waals surface area contributed by atoms with E-state index in [1.54, 1.807) is 13.3 Å². The van der Waals surface area contributed by atoms with Gasteiger partial charge in [0.2, 0.25) is 5.28 Å². The Morgan fingerprint density at radius 1 is 1.29 bits per heavy atom. The third-order valence-electron chi connectivity index (χ3n) is 3.13. The lowest BCUT2D eigenvalue weighted by molar-refractivity contribution is 0.202. The molecular weight excluding hydrogens is 290 g/mol. The molecule has 0 unspecified atom stereocenters. The first-order valence-electron chi connectivity index (χ1n) is 6.48. The number of nitrogens with one attached hydrogen (secondary N) is 2. The highest BCUT2D eigenvalue weighted by molar-refractivity contribution is 6.28. The Labute approximate surface area is 126 Å². The van der Waals surface area contributed by atoms with E-state index in [1.165, 1.54) is 0 Å². The molecule has 7 heteroatoms. The van der Waals surface area contributed by atoms with Crippen LogP contribution in [0.3, 0.4) is 0 Å². The first kappa shape index (κ1) is 13.8. The van der Waals surface area contributed by atoms with Gasteiger partial charge in [0.15, 0.2) is 5.65 Å². The molecule has 0 aliphatic rings. The number of ether oxygens (including phenoxy) is 1. The molecule has 2 heterocycles. The average Bonchev–Trinajstić information content (AvgIpc) is 2.94. The molecule has 2 N–H and O–H groups in total. The Balaban J connectivity index is 1.97. The first-order chi connectivity index (χ1) is 10.3. The zero-order chi connectivity index (χ0) is 14.7. The monoisotopic (exact) mass is 303 g/mol. The number of hydrogen-bond donors (Lipinski definition) is 2. The van der Waals surface area contributed by atoms with E-state index in [2.05, 4.69) is 31.5 Å². The Hall–Kier alpha value is -2.18. The quantitative estimate of drug-likeness (QED) is 0.709. The summed E-state index contributed by atoms with van der Waals surface area (Å²) >= 11 is 5.94. The van der Waals surface area contributed by atoms with Crippen LogP contribution in [0.4, 0.5) is 11.5 Å². The van der Waals surface area contributed by atoms with E-state index < -0.39 is 0 Å². The molecule has 3 rings (SSSR count). The van der Waals surface area contributed by atoms with Gasteiger partial charge in [-0.3, -0.25) is 5.10 Å². The standard InChI is InChI=1S/C14H14ClN5O/c1-21-7-6-9-4-2-3-5-11(9)17-12-10-8-16-20-13(10)19-14(15)18-12/h2-5,8H,6-7H2,1H3,(H2,16,17,18,19,20). The van der Waals surface area contributed by atoms with Gasteiger partial charge in [0.25, 0.3) is 0 Å². The van der Waals surface area contributed by atoms with Gasteiger partial charge in [0, 0.05) is 12.8 Å². The summed E-state index contributed by atoms with van der Waals surface area (Å²) in [6, 6.07) is 8.01. The maximum absolute atomic E-state index is 5.94. The molecule has 108 valence electrons. The molecule has 0 atom stereocenters. The van der Waals surface area contributed by atoms with Crippen LogP contribution in [-0.4, -0.2) is 33.9 Å². The Morgan fingerprint density at radius 2 is 2.14 bits per heavy atom. The summed E-state index contributed by atoms with van der Waals surface area (Å²) < 4.78 is 5.14. The van der Waals surface area contributed by atoms with Crippen LogP contribution < -0.4 is 5.32 Å². The maximum Gasteiger partial charge on any atom is 0.226 e. The van der Waals surface area contributed by atoms with E-state index in [9.17, 15) is 0 Å². The number of nitrogens with zero attached hydrogens (tertiary/aromatic N) is 3. The second-order valence-electron chi connectivity index (χ2n) is 4.50. The van der Waals surface area contributed by atoms with Crippen LogP contribution >= 0.6 is 11.6 Å². The fourth-order valence-corrected chi connectivity index (χ4v) is 2.27. The molecule has 0 fully saturated rings. The van der Waals surface area contributed by atoms with Crippen molar-refractivity contribution < 1.29 is 4.74 Å². The van der Waals surface area contributed by atoms with Gasteiger partial charge in [0.1, 0.15) is 5.82 Å². The van der Waals surface area contributed by atoms with Gasteiger partial charge >= 0.3 is 0 Å². The topological polar surface area (TPSA) is 75.7 Å². The number of fused-ring (bicyclic) bond motifs is 1. The maximum atomic E-state index is 5.94. The number of hydrogen-bond acceptors (Lipinski definition) is 5. The van der Waals surface area contributed by atoms with Gasteiger partial charge in [0.05, 0.1) is 18.2 Å². The Kier molecular flexibility index (Phi) is 3.98. The minimum Gasteiger partial charge on any atom is -0.384 e. The third-order valence-corrected chi connectivity index (χ3v) is 3.30. The first-order valence-corrected chi connectivity index (χ1v) is 6.86. The number of anilines is 2. The minimum atomic E-state index is 0.170. The highest BCUT2D eigenvalue weighted by Gasteiger charge is 2.10. The molecule has 21 heavy (non-hydrogen) atoms. The number of benzene rings is 1. The summed E-state index contributed by atoms with van der Waals surface area (Å²) in [5.74, 6) is 0.628. The lowest BCUT2D eigenvalue weighted by Crippen LogP contribution is -2.02. The molecule has 0 aliphatic carbocycles. The van der Waals surface area contributed by atoms with E-state index in [1.807, 2.05) is 18.2 Å². The Morgan fingerprint density at radius 3 is 3.00 bits per heavy atom. The van der Waals surface area contributed by atoms with Gasteiger partial charge in [-0.15, -0.1) is 0 Å². The predicted octanol–water partition coefficient (Wildman–Crippen LogP) is 2.94. The fourth-order valence-electron chi connectivity index (χ4n) is 2.10. The van der Waals surface area contributed by atoms with Crippen molar-refractivity contribution in [3.63, 3.8) is 0 Å². The lowest BCUT2D eigenvalue weighted by atomic mass is 10.1. The van der Waals surface area contributed by atoms with Gasteiger partial charge in [-0.05, 0) is 29.7 Å². The van der Waals surface area contributed by atoms with Crippen LogP contribution in [0.2, 0.25) is 5.28 Å². The van der Waals surface area contributed by atoms with Gasteiger partial charge < -0.3 is 10.1 Å². The van der Waals surface area contributed by atoms with Crippen molar-refractivity contribution in [3.8, 4) is 0 Å². The summed E-state index contributed by atoms with van der Waals surface area (Å²) in [7, 11) is 1.69. The van der Waals surface area contributed by atoms with Crippen molar-refractivity contribution in [1.29, 1.82) is 0 Å². The number of H-pyrrole nitrogens is 1. The summed E-state index contributed by atoms with van der Waals surface area (Å²) in [4.78, 5) is 8.33. The van der Waals surface area contributed by atoms with Crippen molar-refractivity contribution in [3.05, 3.63) is 41.3 Å². The molecule has 0 spiro atoms. The summed E-state index contributed by atoms with van der Waals surface area (Å²) in [5, 5.41) is 11.0. The SMILES string of the molecule is COCCc1ccccc1Nc1nc(Cl)nc2[nH]ncc12. The number of aromatic amines is 1. The average molecular weight is 304 g/mol. The normalized spacial score (nSPS) is 11.0. The highest BCUT2D eigenvalue weighted by Crippen LogP contribution is 2.26. The number of para-hydroxylation sites is 1. The van der Waals surface area contributed by atoms with Crippen molar-refractivity contribution in [2.75, 3.05) is 19.0 Å². The number of rotatable bonds is 5. The molecule has 0 amide bonds. The van der Waals surface area contributed by atoms with Crippen LogP contribution in [0, 0.1) is 0 Å². The van der Waals surface area contributed by atoms with E-state index in [0.717, 1.165) is 23.1 Å². The van der Waals surface area contributed by atoms with E-state index in [-0.39, 0.29) is 5.28 Å². The number of methoxy groups -OCH3 is 1. The minimum absolute atomic E-state index is 0.170. The van der Waals surface area contributed by atoms with Gasteiger partial charge in [-0.25, -0.2) is 0 Å². The third kappa shape index (κ3) is 2.96. The zero-order valence-electron chi connectivity index (χ0n) is 11.4. The predicted molar refractivity (Wildman–Crippen MR) is 82.0 cm³/mol. The van der Waals surface area contributed by atoms with Crippen molar-refractivity contribution in [1.82, 2.24) is 20.2 Å². The molecule has 6 nitrogen and oxygen atoms in total. The van der Waals surface area contributed by atoms with Crippen molar-refractivity contribution >= 4 is 34.1 Å². The largest absolute Gasteiger partial charge is 0.384 e. The van der Waals surface area contributed by atoms with Crippen LogP contribution in [0.15, 0.2) is 30.5 Å². The smallest absolute Gasteiger partial charge is 0.226 e. The van der Waals surface area contributed by atoms with Crippen LogP contribution in [0.25, 0.3) is 11.0 Å². The molecule has 2 aromatic heterocycles. The second kappa shape index (κ2) is 6.07. The summed E-state index contributed by atoms with van der Waals surface area (Å²) in [6.07, 6.45) is 2.48. The van der Waals surface area contributed by atoms with Gasteiger partial charge in [-0.1, -0.05) is 18.2 Å². The zero-order valence-corrected chi connectivity index (χ0v) is 12.2. The molecule has 3 aromatic rings. The molecule has 1 aromatic carbocycles. The molecule has 0 radical (unpaired) electrons. The summed E-state index contributed by atoms with van der Waals surface area (Å²) in [6.45, 7) is 0.657. The number of aromatic nitrogens is 4. The Bertz CT molecular complexity index is 758. The molecule has 0 saturated heterocycles. The lowest BCUT2D eigenvalue weighted by Gasteiger charge is -2.11. The molecule has 0 bridgehead atoms. The molecule has 0 saturated carbocycles. The molecule has 0 aliphatic heterocycles. The summed E-state index contributed by atoms with van der Waals surface area (Å²) in [5.41, 5.74) is 2.71. The van der Waals surface area contributed by atoms with E-state index in [4.69, 9.17) is 16.3 Å². The highest BCUT2D eigenvalue weighted by atomic mass is 35.5. The van der Waals surface area contributed by atoms with Crippen molar-refractivity contribution in [2.45, 2.75) is 6.42 Å². The van der Waals surface area contributed by atoms with Crippen LogP contribution in [0.5, 0.6) is 0 Å². The number of halogens is 1. The van der Waals surface area contributed by atoms with Crippen LogP contribution in [-0.2, 0) is 11.2 Å². The van der Waals surface area contributed by atoms with E-state index in [0.29, 0.717) is 18.1 Å².